The van der Waals surface area contributed by atoms with E-state index in [-0.39, 0.29) is 0 Å². The van der Waals surface area contributed by atoms with Crippen LogP contribution in [0.5, 0.6) is 0 Å². The second-order valence-electron chi connectivity index (χ2n) is 3.16. The van der Waals surface area contributed by atoms with Crippen molar-refractivity contribution in [3.63, 3.8) is 0 Å². The lowest BCUT2D eigenvalue weighted by Gasteiger charge is -2.04. The summed E-state index contributed by atoms with van der Waals surface area (Å²) in [4.78, 5) is 4.35. The summed E-state index contributed by atoms with van der Waals surface area (Å²) in [7, 11) is 0. The third-order valence-electron chi connectivity index (χ3n) is 2.40. The number of hydrogen-bond acceptors (Lipinski definition) is 3. The second-order valence-corrected chi connectivity index (χ2v) is 4.18. The molecule has 0 fully saturated rings. The van der Waals surface area contributed by atoms with Gasteiger partial charge in [0.25, 0.3) is 0 Å². The summed E-state index contributed by atoms with van der Waals surface area (Å²) in [5.74, 6) is 0. The van der Waals surface area contributed by atoms with Gasteiger partial charge in [0.1, 0.15) is 21.4 Å². The highest BCUT2D eigenvalue weighted by Crippen LogP contribution is 2.27. The van der Waals surface area contributed by atoms with Crippen LogP contribution in [0.1, 0.15) is 28.8 Å². The monoisotopic (exact) mass is 295 g/mol. The topological polar surface area (TPSA) is 60.5 Å². The molecule has 0 bridgehead atoms. The molecule has 0 saturated carbocycles. The number of aromatic nitrogens is 1. The van der Waals surface area contributed by atoms with Crippen molar-refractivity contribution in [2.24, 2.45) is 0 Å². The fourth-order valence-electron chi connectivity index (χ4n) is 1.77. The fraction of sp³-hybridized carbons (Fsp3) is 0.300. The smallest absolute Gasteiger partial charge is 0.120 e. The van der Waals surface area contributed by atoms with Crippen molar-refractivity contribution in [1.82, 2.24) is 4.98 Å². The van der Waals surface area contributed by atoms with Crippen molar-refractivity contribution < 1.29 is 0 Å². The number of pyridine rings is 1. The maximum atomic E-state index is 9.01. The number of hydrogen-bond donors (Lipinski definition) is 0. The van der Waals surface area contributed by atoms with Crippen molar-refractivity contribution in [1.29, 1.82) is 10.5 Å². The van der Waals surface area contributed by atoms with E-state index in [0.717, 1.165) is 30.5 Å². The Morgan fingerprint density at radius 1 is 1.14 bits per heavy atom. The maximum absolute atomic E-state index is 9.01. The van der Waals surface area contributed by atoms with Crippen molar-refractivity contribution in [2.45, 2.75) is 19.3 Å². The molecular weight excluding hydrogens is 289 g/mol. The predicted molar refractivity (Wildman–Crippen MR) is 58.4 cm³/mol. The zero-order chi connectivity index (χ0) is 10.1. The van der Waals surface area contributed by atoms with Crippen molar-refractivity contribution in [3.05, 3.63) is 26.1 Å². The number of nitriles is 2. The fourth-order valence-corrected chi connectivity index (χ4v) is 2.46. The summed E-state index contributed by atoms with van der Waals surface area (Å²) < 4.78 is 0.655. The molecule has 14 heavy (non-hydrogen) atoms. The molecular formula is C10H6IN3. The van der Waals surface area contributed by atoms with E-state index in [2.05, 4.69) is 17.1 Å². The van der Waals surface area contributed by atoms with Crippen LogP contribution in [0.2, 0.25) is 0 Å². The van der Waals surface area contributed by atoms with E-state index < -0.39 is 0 Å². The summed E-state index contributed by atoms with van der Waals surface area (Å²) in [6, 6.07) is 4.17. The van der Waals surface area contributed by atoms with E-state index in [9.17, 15) is 0 Å². The molecule has 1 aliphatic rings. The Balaban J connectivity index is 2.78. The Kier molecular flexibility index (Phi) is 2.39. The normalized spacial score (nSPS) is 13.1. The summed E-state index contributed by atoms with van der Waals surface area (Å²) in [6.45, 7) is 0. The number of rotatable bonds is 0. The van der Waals surface area contributed by atoms with Gasteiger partial charge in [-0.15, -0.1) is 0 Å². The minimum Gasteiger partial charge on any atom is -0.245 e. The molecule has 2 rings (SSSR count). The molecule has 0 atom stereocenters. The summed E-state index contributed by atoms with van der Waals surface area (Å²) in [5.41, 5.74) is 2.97. The van der Waals surface area contributed by atoms with Crippen LogP contribution in [0, 0.1) is 26.4 Å². The van der Waals surface area contributed by atoms with Crippen LogP contribution in [-0.4, -0.2) is 4.98 Å². The van der Waals surface area contributed by atoms with Crippen LogP contribution in [0.25, 0.3) is 0 Å². The van der Waals surface area contributed by atoms with Gasteiger partial charge >= 0.3 is 0 Å². The first-order valence-corrected chi connectivity index (χ1v) is 5.37. The Morgan fingerprint density at radius 3 is 2.50 bits per heavy atom. The molecule has 0 spiro atoms. The number of halogens is 1. The standard InChI is InChI=1S/C10H6IN3/c11-10-8(5-13)7(4-12)6-2-1-3-9(6)14-10/h1-3H2. The highest BCUT2D eigenvalue weighted by Gasteiger charge is 2.21. The van der Waals surface area contributed by atoms with Gasteiger partial charge in [-0.25, -0.2) is 4.98 Å². The molecule has 0 aromatic carbocycles. The SMILES string of the molecule is N#Cc1c(I)nc2c(c1C#N)CCC2. The Labute approximate surface area is 95.5 Å². The quantitative estimate of drug-likeness (QED) is 0.542. The molecule has 0 radical (unpaired) electrons. The summed E-state index contributed by atoms with van der Waals surface area (Å²) in [6.07, 6.45) is 2.87. The Hall–Kier alpha value is -1.14. The van der Waals surface area contributed by atoms with E-state index in [0.29, 0.717) is 14.8 Å². The lowest BCUT2D eigenvalue weighted by Crippen LogP contribution is -2.00. The van der Waals surface area contributed by atoms with Gasteiger partial charge in [-0.2, -0.15) is 10.5 Å². The third-order valence-corrected chi connectivity index (χ3v) is 3.18. The van der Waals surface area contributed by atoms with E-state index in [4.69, 9.17) is 10.5 Å². The molecule has 0 unspecified atom stereocenters. The first-order chi connectivity index (χ1) is 6.77. The summed E-state index contributed by atoms with van der Waals surface area (Å²) in [5, 5.41) is 17.9. The second kappa shape index (κ2) is 3.55. The first-order valence-electron chi connectivity index (χ1n) is 4.29. The number of nitrogens with zero attached hydrogens (tertiary/aromatic N) is 3. The highest BCUT2D eigenvalue weighted by atomic mass is 127. The minimum atomic E-state index is 0.439. The van der Waals surface area contributed by atoms with Crippen LogP contribution in [0.4, 0.5) is 0 Å². The van der Waals surface area contributed by atoms with Gasteiger partial charge in [0.05, 0.1) is 5.56 Å². The minimum absolute atomic E-state index is 0.439. The van der Waals surface area contributed by atoms with Crippen molar-refractivity contribution in [3.8, 4) is 12.1 Å². The maximum Gasteiger partial charge on any atom is 0.120 e. The van der Waals surface area contributed by atoms with Crippen LogP contribution < -0.4 is 0 Å². The average molecular weight is 295 g/mol. The molecule has 0 aliphatic heterocycles. The van der Waals surface area contributed by atoms with Gasteiger partial charge in [-0.1, -0.05) is 0 Å². The van der Waals surface area contributed by atoms with Gasteiger partial charge < -0.3 is 0 Å². The first kappa shape index (κ1) is 9.42. The Bertz CT molecular complexity index is 479. The predicted octanol–water partition coefficient (Wildman–Crippen LogP) is 1.92. The number of fused-ring (bicyclic) bond motifs is 1. The zero-order valence-electron chi connectivity index (χ0n) is 7.34. The lowest BCUT2D eigenvalue weighted by molar-refractivity contribution is 0.897. The molecule has 0 amide bonds. The van der Waals surface area contributed by atoms with Gasteiger partial charge in [0, 0.05) is 5.69 Å². The van der Waals surface area contributed by atoms with E-state index in [1.807, 2.05) is 22.6 Å². The van der Waals surface area contributed by atoms with Crippen molar-refractivity contribution in [2.75, 3.05) is 0 Å². The highest BCUT2D eigenvalue weighted by molar-refractivity contribution is 14.1. The van der Waals surface area contributed by atoms with Crippen LogP contribution in [0.15, 0.2) is 0 Å². The van der Waals surface area contributed by atoms with Crippen LogP contribution in [-0.2, 0) is 12.8 Å². The molecule has 4 heteroatoms. The summed E-state index contributed by atoms with van der Waals surface area (Å²) >= 11 is 2.02. The van der Waals surface area contributed by atoms with Gasteiger partial charge in [-0.05, 0) is 47.4 Å². The lowest BCUT2D eigenvalue weighted by atomic mass is 10.0. The van der Waals surface area contributed by atoms with Crippen molar-refractivity contribution >= 4 is 22.6 Å². The third kappa shape index (κ3) is 1.27. The molecule has 68 valence electrons. The molecule has 1 aromatic rings. The largest absolute Gasteiger partial charge is 0.245 e. The molecule has 3 nitrogen and oxygen atoms in total. The average Bonchev–Trinajstić information content (AvgIpc) is 2.62. The Morgan fingerprint density at radius 2 is 1.86 bits per heavy atom. The number of aryl methyl sites for hydroxylation is 1. The van der Waals surface area contributed by atoms with Crippen LogP contribution in [0.3, 0.4) is 0 Å². The van der Waals surface area contributed by atoms with E-state index in [1.165, 1.54) is 0 Å². The van der Waals surface area contributed by atoms with Crippen LogP contribution >= 0.6 is 22.6 Å². The molecule has 0 N–H and O–H groups in total. The molecule has 0 saturated heterocycles. The van der Waals surface area contributed by atoms with E-state index >= 15 is 0 Å². The molecule has 1 heterocycles. The van der Waals surface area contributed by atoms with Gasteiger partial charge in [0.2, 0.25) is 0 Å². The van der Waals surface area contributed by atoms with Gasteiger partial charge in [-0.3, -0.25) is 0 Å². The molecule has 1 aromatic heterocycles. The molecule has 1 aliphatic carbocycles. The zero-order valence-corrected chi connectivity index (χ0v) is 9.50. The van der Waals surface area contributed by atoms with Gasteiger partial charge in [0.15, 0.2) is 0 Å². The van der Waals surface area contributed by atoms with E-state index in [1.54, 1.807) is 0 Å².